The van der Waals surface area contributed by atoms with Gasteiger partial charge in [0, 0.05) is 18.5 Å². The molecule has 1 aromatic rings. The van der Waals surface area contributed by atoms with Crippen molar-refractivity contribution >= 4 is 23.7 Å². The number of hydroxylamine groups is 2. The third-order valence-corrected chi connectivity index (χ3v) is 2.51. The fourth-order valence-corrected chi connectivity index (χ4v) is 1.51. The van der Waals surface area contributed by atoms with E-state index >= 15 is 0 Å². The highest BCUT2D eigenvalue weighted by Crippen LogP contribution is 2.13. The van der Waals surface area contributed by atoms with Gasteiger partial charge in [-0.25, -0.2) is 4.79 Å². The number of rotatable bonds is 3. The van der Waals surface area contributed by atoms with Crippen molar-refractivity contribution in [1.29, 1.82) is 0 Å². The first kappa shape index (κ1) is 12.9. The molecule has 0 saturated carbocycles. The average molecular weight is 264 g/mol. The maximum absolute atomic E-state index is 11.3. The topological polar surface area (TPSA) is 98.9 Å². The molecule has 0 unspecified atom stereocenters. The normalized spacial score (nSPS) is 14.6. The van der Waals surface area contributed by atoms with Gasteiger partial charge >= 0.3 is 6.16 Å². The van der Waals surface area contributed by atoms with Crippen molar-refractivity contribution in [3.05, 3.63) is 29.8 Å². The minimum Gasteiger partial charge on any atom is -0.428 e. The first-order valence-corrected chi connectivity index (χ1v) is 5.61. The molecule has 19 heavy (non-hydrogen) atoms. The van der Waals surface area contributed by atoms with Gasteiger partial charge in [0.05, 0.1) is 0 Å². The van der Waals surface area contributed by atoms with Crippen molar-refractivity contribution in [2.24, 2.45) is 0 Å². The summed E-state index contributed by atoms with van der Waals surface area (Å²) in [4.78, 5) is 38.2. The summed E-state index contributed by atoms with van der Waals surface area (Å²) in [5, 5.41) is 0.436. The second-order valence-corrected chi connectivity index (χ2v) is 3.95. The fourth-order valence-electron chi connectivity index (χ4n) is 1.51. The molecule has 2 rings (SSSR count). The molecule has 0 aliphatic carbocycles. The van der Waals surface area contributed by atoms with E-state index in [0.29, 0.717) is 16.3 Å². The van der Waals surface area contributed by atoms with Crippen molar-refractivity contribution in [3.63, 3.8) is 0 Å². The van der Waals surface area contributed by atoms with Crippen molar-refractivity contribution in [1.82, 2.24) is 5.06 Å². The molecule has 1 fully saturated rings. The van der Waals surface area contributed by atoms with E-state index in [1.165, 1.54) is 0 Å². The predicted octanol–water partition coefficient (Wildman–Crippen LogP) is 0.986. The maximum Gasteiger partial charge on any atom is 0.534 e. The maximum atomic E-state index is 11.3. The Labute approximate surface area is 108 Å². The molecule has 1 heterocycles. The lowest BCUT2D eigenvalue weighted by Crippen LogP contribution is -2.32. The second kappa shape index (κ2) is 5.38. The number of anilines is 1. The summed E-state index contributed by atoms with van der Waals surface area (Å²) in [5.74, 6) is -1.09. The molecule has 7 heteroatoms. The lowest BCUT2D eigenvalue weighted by Gasteiger charge is -2.12. The Balaban J connectivity index is 1.83. The van der Waals surface area contributed by atoms with Crippen LogP contribution < -0.4 is 5.73 Å². The largest absolute Gasteiger partial charge is 0.534 e. The molecule has 0 aromatic heterocycles. The molecular formula is C12H12N2O5. The summed E-state index contributed by atoms with van der Waals surface area (Å²) in [6.45, 7) is -0.0324. The van der Waals surface area contributed by atoms with Crippen molar-refractivity contribution in [3.8, 4) is 0 Å². The smallest absolute Gasteiger partial charge is 0.428 e. The molecule has 1 aromatic carbocycles. The minimum atomic E-state index is -1.10. The van der Waals surface area contributed by atoms with Crippen LogP contribution >= 0.6 is 0 Å². The number of carbonyl (C=O) groups excluding carboxylic acids is 3. The minimum absolute atomic E-state index is 0.0324. The van der Waals surface area contributed by atoms with Crippen LogP contribution in [0.1, 0.15) is 18.4 Å². The number of ether oxygens (including phenoxy) is 1. The Morgan fingerprint density at radius 3 is 2.32 bits per heavy atom. The van der Waals surface area contributed by atoms with Gasteiger partial charge in [-0.15, -0.1) is 0 Å². The van der Waals surface area contributed by atoms with Crippen LogP contribution in [-0.2, 0) is 25.8 Å². The second-order valence-electron chi connectivity index (χ2n) is 3.95. The summed E-state index contributed by atoms with van der Waals surface area (Å²) in [6.07, 6.45) is -1.01. The third kappa shape index (κ3) is 3.21. The number of hydrogen-bond donors (Lipinski definition) is 1. The van der Waals surface area contributed by atoms with E-state index < -0.39 is 18.0 Å². The molecule has 100 valence electrons. The number of benzene rings is 1. The van der Waals surface area contributed by atoms with Gasteiger partial charge in [0.2, 0.25) is 0 Å². The number of nitrogen functional groups attached to an aromatic ring is 1. The van der Waals surface area contributed by atoms with Gasteiger partial charge < -0.3 is 10.5 Å². The highest BCUT2D eigenvalue weighted by molar-refractivity contribution is 6.01. The number of nitrogens with two attached hydrogens (primary N) is 1. The Morgan fingerprint density at radius 1 is 1.16 bits per heavy atom. The first-order valence-electron chi connectivity index (χ1n) is 5.61. The molecule has 1 aliphatic rings. The fraction of sp³-hybridized carbons (Fsp3) is 0.250. The van der Waals surface area contributed by atoms with Crippen LogP contribution in [0.25, 0.3) is 0 Å². The quantitative estimate of drug-likeness (QED) is 0.496. The highest BCUT2D eigenvalue weighted by atomic mass is 16.8. The number of hydrogen-bond acceptors (Lipinski definition) is 6. The first-order chi connectivity index (χ1) is 9.06. The van der Waals surface area contributed by atoms with Gasteiger partial charge in [0.25, 0.3) is 11.8 Å². The van der Waals surface area contributed by atoms with Gasteiger partial charge in [0.1, 0.15) is 6.61 Å². The molecular weight excluding hydrogens is 252 g/mol. The molecule has 7 nitrogen and oxygen atoms in total. The highest BCUT2D eigenvalue weighted by Gasteiger charge is 2.33. The van der Waals surface area contributed by atoms with Crippen LogP contribution in [0.3, 0.4) is 0 Å². The van der Waals surface area contributed by atoms with Gasteiger partial charge in [0.15, 0.2) is 0 Å². The molecule has 2 N–H and O–H groups in total. The van der Waals surface area contributed by atoms with Crippen molar-refractivity contribution < 1.29 is 24.0 Å². The van der Waals surface area contributed by atoms with E-state index in [2.05, 4.69) is 4.84 Å². The number of amides is 2. The van der Waals surface area contributed by atoms with Crippen molar-refractivity contribution in [2.45, 2.75) is 19.4 Å². The van der Waals surface area contributed by atoms with Gasteiger partial charge in [-0.05, 0) is 17.7 Å². The summed E-state index contributed by atoms with van der Waals surface area (Å²) < 4.78 is 4.78. The van der Waals surface area contributed by atoms with Crippen molar-refractivity contribution in [2.75, 3.05) is 5.73 Å². The van der Waals surface area contributed by atoms with E-state index in [0.717, 1.165) is 0 Å². The summed E-state index contributed by atoms with van der Waals surface area (Å²) >= 11 is 0. The lowest BCUT2D eigenvalue weighted by molar-refractivity contribution is -0.177. The average Bonchev–Trinajstić information content (AvgIpc) is 2.70. The Hall–Kier alpha value is -2.57. The third-order valence-electron chi connectivity index (χ3n) is 2.51. The van der Waals surface area contributed by atoms with E-state index in [1.807, 2.05) is 0 Å². The number of nitrogens with zero attached hydrogens (tertiary/aromatic N) is 1. The molecule has 0 radical (unpaired) electrons. The monoisotopic (exact) mass is 264 g/mol. The Kier molecular flexibility index (Phi) is 3.65. The molecule has 0 atom stereocenters. The van der Waals surface area contributed by atoms with Crippen LogP contribution in [0, 0.1) is 0 Å². The van der Waals surface area contributed by atoms with Crippen LogP contribution in [-0.4, -0.2) is 23.0 Å². The van der Waals surface area contributed by atoms with Crippen LogP contribution in [0.15, 0.2) is 24.3 Å². The van der Waals surface area contributed by atoms with Crippen LogP contribution in [0.4, 0.5) is 10.5 Å². The zero-order valence-electron chi connectivity index (χ0n) is 10.00. The zero-order chi connectivity index (χ0) is 13.8. The zero-order valence-corrected chi connectivity index (χ0v) is 10.00. The summed E-state index contributed by atoms with van der Waals surface area (Å²) in [6, 6.07) is 6.71. The Bertz CT molecular complexity index is 495. The molecule has 1 aliphatic heterocycles. The van der Waals surface area contributed by atoms with Gasteiger partial charge in [-0.2, -0.15) is 0 Å². The molecule has 2 amide bonds. The van der Waals surface area contributed by atoms with Crippen LogP contribution in [0.2, 0.25) is 0 Å². The van der Waals surface area contributed by atoms with Gasteiger partial charge in [-0.3, -0.25) is 14.4 Å². The van der Waals surface area contributed by atoms with Crippen LogP contribution in [0.5, 0.6) is 0 Å². The molecule has 1 saturated heterocycles. The molecule has 0 spiro atoms. The molecule has 0 bridgehead atoms. The van der Waals surface area contributed by atoms with E-state index in [4.69, 9.17) is 10.5 Å². The van der Waals surface area contributed by atoms with Gasteiger partial charge in [-0.1, -0.05) is 17.2 Å². The SMILES string of the molecule is Nc1ccc(COC(=O)ON2C(=O)CCC2=O)cc1. The Morgan fingerprint density at radius 2 is 1.74 bits per heavy atom. The summed E-state index contributed by atoms with van der Waals surface area (Å²) in [7, 11) is 0. The standard InChI is InChI=1S/C12H12N2O5/c13-9-3-1-8(2-4-9)7-18-12(17)19-14-10(15)5-6-11(14)16/h1-4H,5-7,13H2. The van der Waals surface area contributed by atoms with E-state index in [-0.39, 0.29) is 19.4 Å². The van der Waals surface area contributed by atoms with E-state index in [1.54, 1.807) is 24.3 Å². The predicted molar refractivity (Wildman–Crippen MR) is 63.2 cm³/mol. The number of carbonyl (C=O) groups is 3. The lowest BCUT2D eigenvalue weighted by atomic mass is 10.2. The number of imide groups is 1. The summed E-state index contributed by atoms with van der Waals surface area (Å²) in [5.41, 5.74) is 6.82. The van der Waals surface area contributed by atoms with E-state index in [9.17, 15) is 14.4 Å².